The molecule has 0 bridgehead atoms. The predicted octanol–water partition coefficient (Wildman–Crippen LogP) is 12.9. The molecule has 0 aromatic heterocycles. The predicted molar refractivity (Wildman–Crippen MR) is 238 cm³/mol. The number of carbonyl (C=O) groups excluding carboxylic acids is 2. The lowest BCUT2D eigenvalue weighted by Gasteiger charge is -2.24. The normalized spacial score (nSPS) is 14.1. The number of nitrogens with zero attached hydrogens (tertiary/aromatic N) is 1. The highest BCUT2D eigenvalue weighted by Crippen LogP contribution is 2.43. The molecule has 1 N–H and O–H groups in total. The van der Waals surface area contributed by atoms with Crippen LogP contribution >= 0.6 is 7.82 Å². The Hall–Kier alpha value is -2.29. The summed E-state index contributed by atoms with van der Waals surface area (Å²) in [6.07, 6.45) is 47.0. The van der Waals surface area contributed by atoms with Crippen molar-refractivity contribution in [3.8, 4) is 0 Å². The van der Waals surface area contributed by atoms with E-state index < -0.39 is 26.5 Å². The Labute approximate surface area is 349 Å². The molecule has 0 heterocycles. The minimum atomic E-state index is -4.38. The molecule has 0 aliphatic carbocycles. The molecule has 57 heavy (non-hydrogen) atoms. The maximum Gasteiger partial charge on any atom is 0.472 e. The van der Waals surface area contributed by atoms with Gasteiger partial charge in [-0.3, -0.25) is 18.6 Å². The fourth-order valence-corrected chi connectivity index (χ4v) is 6.51. The van der Waals surface area contributed by atoms with E-state index in [0.717, 1.165) is 96.3 Å². The van der Waals surface area contributed by atoms with Crippen LogP contribution in [0.4, 0.5) is 0 Å². The molecule has 0 aromatic rings. The first-order valence-electron chi connectivity index (χ1n) is 22.5. The molecule has 0 fully saturated rings. The van der Waals surface area contributed by atoms with Crippen LogP contribution in [-0.2, 0) is 32.7 Å². The van der Waals surface area contributed by atoms with Crippen molar-refractivity contribution < 1.29 is 42.1 Å². The Morgan fingerprint density at radius 3 is 1.51 bits per heavy atom. The number of hydrogen-bond acceptors (Lipinski definition) is 7. The first-order valence-corrected chi connectivity index (χ1v) is 24.0. The van der Waals surface area contributed by atoms with E-state index in [1.54, 1.807) is 0 Å². The van der Waals surface area contributed by atoms with Crippen LogP contribution in [0.5, 0.6) is 0 Å². The molecule has 2 atom stereocenters. The Bertz CT molecular complexity index is 1160. The van der Waals surface area contributed by atoms with Gasteiger partial charge in [0.05, 0.1) is 27.7 Å². The summed E-state index contributed by atoms with van der Waals surface area (Å²) in [6.45, 7) is 4.22. The summed E-state index contributed by atoms with van der Waals surface area (Å²) in [4.78, 5) is 35.3. The van der Waals surface area contributed by atoms with Crippen molar-refractivity contribution in [2.75, 3.05) is 47.5 Å². The van der Waals surface area contributed by atoms with Crippen LogP contribution in [0.25, 0.3) is 0 Å². The second kappa shape index (κ2) is 39.2. The van der Waals surface area contributed by atoms with Gasteiger partial charge < -0.3 is 18.9 Å². The Kier molecular flexibility index (Phi) is 37.6. The number of esters is 2. The van der Waals surface area contributed by atoms with E-state index in [9.17, 15) is 19.0 Å². The molecule has 0 saturated heterocycles. The second-order valence-electron chi connectivity index (χ2n) is 16.0. The molecular weight excluding hydrogens is 737 g/mol. The summed E-state index contributed by atoms with van der Waals surface area (Å²) in [5, 5.41) is 0. The first kappa shape index (κ1) is 54.7. The van der Waals surface area contributed by atoms with E-state index in [-0.39, 0.29) is 32.0 Å². The summed E-state index contributed by atoms with van der Waals surface area (Å²) < 4.78 is 34.3. The Morgan fingerprint density at radius 2 is 1.00 bits per heavy atom. The minimum Gasteiger partial charge on any atom is -0.462 e. The summed E-state index contributed by atoms with van der Waals surface area (Å²) in [6, 6.07) is 0. The molecular formula is C47H85NO8P+. The van der Waals surface area contributed by atoms with Gasteiger partial charge in [0.1, 0.15) is 19.8 Å². The minimum absolute atomic E-state index is 0.0273. The number of rotatable bonds is 40. The summed E-state index contributed by atoms with van der Waals surface area (Å²) in [5.41, 5.74) is 0. The van der Waals surface area contributed by atoms with Gasteiger partial charge in [-0.1, -0.05) is 152 Å². The van der Waals surface area contributed by atoms with E-state index in [2.05, 4.69) is 74.6 Å². The standard InChI is InChI=1S/C47H84NO8P/c1-6-8-10-12-14-16-18-19-20-21-22-23-24-25-26-27-28-29-30-32-34-36-38-40-47(50)56-45(44-55-57(51,52)54-42-41-48(3,4)5)43-53-46(49)39-37-35-33-31-17-15-13-11-9-7-2/h8,10-11,13-14,16,19-20,22-23,45H,6-7,9,12,15,17-18,21,24-44H2,1-5H3/p+1/b10-8-,13-11-,16-14-,20-19-,23-22-. The topological polar surface area (TPSA) is 108 Å². The molecule has 0 saturated carbocycles. The van der Waals surface area contributed by atoms with E-state index in [4.69, 9.17) is 18.5 Å². The summed E-state index contributed by atoms with van der Waals surface area (Å²) in [5.74, 6) is -0.819. The molecule has 0 aliphatic heterocycles. The largest absolute Gasteiger partial charge is 0.472 e. The molecule has 0 amide bonds. The number of hydrogen-bond donors (Lipinski definition) is 1. The quantitative estimate of drug-likeness (QED) is 0.0214. The van der Waals surface area contributed by atoms with E-state index in [1.807, 2.05) is 21.1 Å². The van der Waals surface area contributed by atoms with Gasteiger partial charge in [0.25, 0.3) is 0 Å². The summed E-state index contributed by atoms with van der Waals surface area (Å²) in [7, 11) is 1.46. The number of likely N-dealkylation sites (N-methyl/N-ethyl adjacent to an activating group) is 1. The third kappa shape index (κ3) is 43.1. The Morgan fingerprint density at radius 1 is 0.561 bits per heavy atom. The van der Waals surface area contributed by atoms with Crippen molar-refractivity contribution in [1.82, 2.24) is 0 Å². The van der Waals surface area contributed by atoms with Crippen molar-refractivity contribution in [1.29, 1.82) is 0 Å². The molecule has 2 unspecified atom stereocenters. The number of quaternary nitrogens is 1. The Balaban J connectivity index is 4.26. The van der Waals surface area contributed by atoms with E-state index >= 15 is 0 Å². The van der Waals surface area contributed by atoms with Crippen LogP contribution in [0.3, 0.4) is 0 Å². The number of phosphoric acid groups is 1. The number of phosphoric ester groups is 1. The fourth-order valence-electron chi connectivity index (χ4n) is 5.77. The average Bonchev–Trinajstić information content (AvgIpc) is 3.16. The van der Waals surface area contributed by atoms with Crippen LogP contribution in [0.2, 0.25) is 0 Å². The highest BCUT2D eigenvalue weighted by Gasteiger charge is 2.27. The van der Waals surface area contributed by atoms with Gasteiger partial charge in [-0.2, -0.15) is 0 Å². The van der Waals surface area contributed by atoms with Crippen molar-refractivity contribution in [3.63, 3.8) is 0 Å². The van der Waals surface area contributed by atoms with E-state index in [0.29, 0.717) is 17.4 Å². The smallest absolute Gasteiger partial charge is 0.462 e. The van der Waals surface area contributed by atoms with Gasteiger partial charge >= 0.3 is 19.8 Å². The number of allylic oxidation sites excluding steroid dienone is 10. The molecule has 0 spiro atoms. The zero-order valence-electron chi connectivity index (χ0n) is 37.1. The third-order valence-electron chi connectivity index (χ3n) is 9.26. The highest BCUT2D eigenvalue weighted by atomic mass is 31.2. The van der Waals surface area contributed by atoms with Gasteiger partial charge in [0.15, 0.2) is 6.10 Å². The van der Waals surface area contributed by atoms with Crippen LogP contribution in [-0.4, -0.2) is 74.9 Å². The first-order chi connectivity index (χ1) is 27.5. The van der Waals surface area contributed by atoms with Crippen LogP contribution in [0, 0.1) is 0 Å². The monoisotopic (exact) mass is 823 g/mol. The fraction of sp³-hybridized carbons (Fsp3) is 0.745. The molecule has 0 aliphatic rings. The second-order valence-corrected chi connectivity index (χ2v) is 17.5. The van der Waals surface area contributed by atoms with Crippen molar-refractivity contribution in [3.05, 3.63) is 60.8 Å². The SMILES string of the molecule is CC/C=C\C/C=C\C/C=C\C/C=C\CCCCCCCCCCCCC(=O)OC(COC(=O)CCCCCCC/C=C\CCC)COP(=O)(O)OCC[N+](C)(C)C. The van der Waals surface area contributed by atoms with Gasteiger partial charge in [-0.15, -0.1) is 0 Å². The lowest BCUT2D eigenvalue weighted by atomic mass is 10.0. The molecule has 330 valence electrons. The lowest BCUT2D eigenvalue weighted by Crippen LogP contribution is -2.37. The number of unbranched alkanes of at least 4 members (excludes halogenated alkanes) is 16. The van der Waals surface area contributed by atoms with Crippen LogP contribution in [0.1, 0.15) is 174 Å². The summed E-state index contributed by atoms with van der Waals surface area (Å²) >= 11 is 0. The molecule has 0 rings (SSSR count). The maximum absolute atomic E-state index is 12.7. The average molecular weight is 823 g/mol. The zero-order chi connectivity index (χ0) is 42.1. The van der Waals surface area contributed by atoms with Crippen molar-refractivity contribution >= 4 is 19.8 Å². The molecule has 9 nitrogen and oxygen atoms in total. The molecule has 0 aromatic carbocycles. The maximum atomic E-state index is 12.7. The number of carbonyl (C=O) groups is 2. The van der Waals surface area contributed by atoms with Crippen LogP contribution < -0.4 is 0 Å². The van der Waals surface area contributed by atoms with Gasteiger partial charge in [0.2, 0.25) is 0 Å². The number of ether oxygens (including phenoxy) is 2. The van der Waals surface area contributed by atoms with E-state index in [1.165, 1.54) is 44.9 Å². The third-order valence-corrected chi connectivity index (χ3v) is 10.2. The highest BCUT2D eigenvalue weighted by molar-refractivity contribution is 7.47. The van der Waals surface area contributed by atoms with Crippen molar-refractivity contribution in [2.45, 2.75) is 180 Å². The van der Waals surface area contributed by atoms with Gasteiger partial charge in [0, 0.05) is 12.8 Å². The molecule has 0 radical (unpaired) electrons. The lowest BCUT2D eigenvalue weighted by molar-refractivity contribution is -0.870. The van der Waals surface area contributed by atoms with Gasteiger partial charge in [-0.05, 0) is 70.6 Å². The zero-order valence-corrected chi connectivity index (χ0v) is 38.0. The van der Waals surface area contributed by atoms with Crippen LogP contribution in [0.15, 0.2) is 60.8 Å². The van der Waals surface area contributed by atoms with Gasteiger partial charge in [-0.25, -0.2) is 4.57 Å². The van der Waals surface area contributed by atoms with Crippen molar-refractivity contribution in [2.24, 2.45) is 0 Å². The molecule has 10 heteroatoms.